The Bertz CT molecular complexity index is 1600. The lowest BCUT2D eigenvalue weighted by Gasteiger charge is -2.31. The Morgan fingerprint density at radius 2 is 1.81 bits per heavy atom. The van der Waals surface area contributed by atoms with Crippen LogP contribution in [0.15, 0.2) is 66.2 Å². The number of nitrogens with one attached hydrogen (secondary N) is 2. The molecule has 0 spiro atoms. The number of likely N-dealkylation sites (N-methyl/N-ethyl adjacent to an activating group) is 1. The molecule has 10 nitrogen and oxygen atoms in total. The highest BCUT2D eigenvalue weighted by molar-refractivity contribution is 7.90. The average Bonchev–Trinajstić information content (AvgIpc) is 2.94. The standard InChI is InChI=1S/C29H32ClFN4O6S/c1-32-42(38,39)33-24-12-8-11-19(27(24)31)13-21-22(17-35(4)16-18-9-6-5-7-10-18)20-14-23(30)26(41-29(37)34(2)3)15-25(20)40-28(21)36/h5-12,14-15,28,32-33,36H,13,16-17H2,1-4H3. The molecule has 1 unspecified atom stereocenters. The molecule has 0 radical (unpaired) electrons. The van der Waals surface area contributed by atoms with Crippen LogP contribution in [0.3, 0.4) is 0 Å². The minimum absolute atomic E-state index is 0.0531. The van der Waals surface area contributed by atoms with Crippen molar-refractivity contribution in [2.75, 3.05) is 39.5 Å². The van der Waals surface area contributed by atoms with Crippen LogP contribution < -0.4 is 18.9 Å². The lowest BCUT2D eigenvalue weighted by atomic mass is 9.91. The predicted molar refractivity (Wildman–Crippen MR) is 159 cm³/mol. The number of carbonyl (C=O) groups is 1. The maximum absolute atomic E-state index is 15.5. The van der Waals surface area contributed by atoms with Crippen molar-refractivity contribution in [1.82, 2.24) is 14.5 Å². The third kappa shape index (κ3) is 7.39. The number of carbonyl (C=O) groups excluding carboxylic acids is 1. The van der Waals surface area contributed by atoms with Gasteiger partial charge in [0.05, 0.1) is 10.7 Å². The molecular weight excluding hydrogens is 587 g/mol. The monoisotopic (exact) mass is 618 g/mol. The molecule has 0 saturated heterocycles. The molecule has 3 N–H and O–H groups in total. The van der Waals surface area contributed by atoms with E-state index in [0.717, 1.165) is 5.56 Å². The second-order valence-corrected chi connectivity index (χ2v) is 12.0. The molecule has 13 heteroatoms. The van der Waals surface area contributed by atoms with Crippen molar-refractivity contribution >= 4 is 39.2 Å². The highest BCUT2D eigenvalue weighted by Gasteiger charge is 2.31. The molecule has 224 valence electrons. The molecule has 0 fully saturated rings. The summed E-state index contributed by atoms with van der Waals surface area (Å²) in [6.07, 6.45) is -2.21. The van der Waals surface area contributed by atoms with Crippen LogP contribution in [-0.4, -0.2) is 70.4 Å². The highest BCUT2D eigenvalue weighted by atomic mass is 35.5. The van der Waals surface area contributed by atoms with Gasteiger partial charge in [-0.25, -0.2) is 13.9 Å². The Balaban J connectivity index is 1.77. The number of benzene rings is 3. The van der Waals surface area contributed by atoms with Gasteiger partial charge in [0, 0.05) is 57.9 Å². The minimum Gasteiger partial charge on any atom is -0.460 e. The molecule has 1 heterocycles. The van der Waals surface area contributed by atoms with Crippen LogP contribution in [0.25, 0.3) is 5.57 Å². The van der Waals surface area contributed by atoms with Crippen molar-refractivity contribution in [2.24, 2.45) is 0 Å². The van der Waals surface area contributed by atoms with Gasteiger partial charge in [0.25, 0.3) is 10.2 Å². The van der Waals surface area contributed by atoms with Crippen molar-refractivity contribution in [3.05, 3.63) is 93.8 Å². The van der Waals surface area contributed by atoms with Crippen LogP contribution in [-0.2, 0) is 23.2 Å². The number of aliphatic hydroxyl groups excluding tert-OH is 1. The van der Waals surface area contributed by atoms with Gasteiger partial charge in [-0.2, -0.15) is 8.42 Å². The molecule has 1 aliphatic heterocycles. The molecule has 1 atom stereocenters. The number of rotatable bonds is 10. The molecule has 1 aliphatic rings. The summed E-state index contributed by atoms with van der Waals surface area (Å²) in [5.41, 5.74) is 2.50. The molecule has 3 aromatic rings. The first-order valence-corrected chi connectivity index (χ1v) is 14.8. The topological polar surface area (TPSA) is 120 Å². The molecule has 0 saturated carbocycles. The van der Waals surface area contributed by atoms with Gasteiger partial charge in [-0.1, -0.05) is 54.1 Å². The molecular formula is C29H32ClFN4O6S. The van der Waals surface area contributed by atoms with Crippen LogP contribution in [0, 0.1) is 5.82 Å². The fourth-order valence-corrected chi connectivity index (χ4v) is 5.19. The zero-order valence-electron chi connectivity index (χ0n) is 23.5. The number of aliphatic hydroxyl groups is 1. The maximum Gasteiger partial charge on any atom is 0.414 e. The van der Waals surface area contributed by atoms with Crippen LogP contribution in [0.4, 0.5) is 14.9 Å². The van der Waals surface area contributed by atoms with E-state index < -0.39 is 28.4 Å². The van der Waals surface area contributed by atoms with E-state index in [9.17, 15) is 18.3 Å². The van der Waals surface area contributed by atoms with E-state index in [0.29, 0.717) is 29.8 Å². The number of anilines is 1. The molecule has 4 rings (SSSR count). The second kappa shape index (κ2) is 13.1. The number of ether oxygens (including phenoxy) is 2. The molecule has 42 heavy (non-hydrogen) atoms. The van der Waals surface area contributed by atoms with E-state index in [4.69, 9.17) is 21.1 Å². The van der Waals surface area contributed by atoms with Gasteiger partial charge in [0.1, 0.15) is 5.75 Å². The van der Waals surface area contributed by atoms with Crippen molar-refractivity contribution in [1.29, 1.82) is 0 Å². The fraction of sp³-hybridized carbons (Fsp3) is 0.276. The van der Waals surface area contributed by atoms with E-state index in [2.05, 4.69) is 9.44 Å². The van der Waals surface area contributed by atoms with Crippen LogP contribution in [0.5, 0.6) is 11.5 Å². The zero-order chi connectivity index (χ0) is 30.6. The van der Waals surface area contributed by atoms with Crippen LogP contribution >= 0.6 is 11.6 Å². The first-order valence-electron chi connectivity index (χ1n) is 12.9. The van der Waals surface area contributed by atoms with E-state index >= 15 is 4.39 Å². The molecule has 0 aliphatic carbocycles. The quantitative estimate of drug-likeness (QED) is 0.311. The Morgan fingerprint density at radius 3 is 2.48 bits per heavy atom. The normalized spacial score (nSPS) is 14.8. The van der Waals surface area contributed by atoms with Gasteiger partial charge in [-0.15, -0.1) is 0 Å². The number of amides is 1. The van der Waals surface area contributed by atoms with Gasteiger partial charge in [-0.05, 0) is 35.9 Å². The smallest absolute Gasteiger partial charge is 0.414 e. The van der Waals surface area contributed by atoms with E-state index in [1.165, 1.54) is 50.3 Å². The highest BCUT2D eigenvalue weighted by Crippen LogP contribution is 2.43. The number of nitrogens with zero attached hydrogens (tertiary/aromatic N) is 2. The first-order chi connectivity index (χ1) is 19.9. The Hall–Kier alpha value is -3.68. The number of fused-ring (bicyclic) bond motifs is 1. The van der Waals surface area contributed by atoms with Crippen molar-refractivity contribution in [3.8, 4) is 11.5 Å². The molecule has 1 amide bonds. The van der Waals surface area contributed by atoms with E-state index in [-0.39, 0.29) is 34.2 Å². The van der Waals surface area contributed by atoms with Gasteiger partial charge < -0.3 is 19.5 Å². The summed E-state index contributed by atoms with van der Waals surface area (Å²) in [6, 6.07) is 17.1. The summed E-state index contributed by atoms with van der Waals surface area (Å²) in [5, 5.41) is 11.3. The van der Waals surface area contributed by atoms with Gasteiger partial charge >= 0.3 is 6.09 Å². The SMILES string of the molecule is CNS(=O)(=O)Nc1cccc(CC2=C(CN(C)Cc3ccccc3)c3cc(Cl)c(OC(=O)N(C)C)cc3OC2O)c1F. The van der Waals surface area contributed by atoms with Crippen LogP contribution in [0.2, 0.25) is 5.02 Å². The summed E-state index contributed by atoms with van der Waals surface area (Å²) in [6.45, 7) is 0.893. The van der Waals surface area contributed by atoms with Gasteiger partial charge in [0.15, 0.2) is 11.6 Å². The number of hydrogen-bond donors (Lipinski definition) is 3. The average molecular weight is 619 g/mol. The zero-order valence-corrected chi connectivity index (χ0v) is 25.1. The molecule has 0 aromatic heterocycles. The summed E-state index contributed by atoms with van der Waals surface area (Å²) < 4.78 is 54.9. The van der Waals surface area contributed by atoms with E-state index in [1.807, 2.05) is 42.3 Å². The first kappa shape index (κ1) is 31.3. The van der Waals surface area contributed by atoms with Gasteiger partial charge in [-0.3, -0.25) is 9.62 Å². The summed E-state index contributed by atoms with van der Waals surface area (Å²) in [7, 11) is 2.21. The van der Waals surface area contributed by atoms with Crippen molar-refractivity contribution in [2.45, 2.75) is 19.3 Å². The lowest BCUT2D eigenvalue weighted by molar-refractivity contribution is 0.00988. The third-order valence-corrected chi connectivity index (χ3v) is 7.86. The van der Waals surface area contributed by atoms with Crippen molar-refractivity contribution < 1.29 is 32.2 Å². The summed E-state index contributed by atoms with van der Waals surface area (Å²) in [5.74, 6) is -0.503. The van der Waals surface area contributed by atoms with E-state index in [1.54, 1.807) is 6.07 Å². The largest absolute Gasteiger partial charge is 0.460 e. The second-order valence-electron chi connectivity index (χ2n) is 9.94. The molecule has 0 bridgehead atoms. The third-order valence-electron chi connectivity index (χ3n) is 6.54. The fourth-order valence-electron chi connectivity index (χ4n) is 4.44. The maximum atomic E-state index is 15.5. The number of hydrogen-bond acceptors (Lipinski definition) is 7. The molecule has 3 aromatic carbocycles. The number of halogens is 2. The summed E-state index contributed by atoms with van der Waals surface area (Å²) >= 11 is 6.53. The summed E-state index contributed by atoms with van der Waals surface area (Å²) in [4.78, 5) is 15.4. The van der Waals surface area contributed by atoms with Gasteiger partial charge in [0.2, 0.25) is 6.29 Å². The predicted octanol–water partition coefficient (Wildman–Crippen LogP) is 4.25. The van der Waals surface area contributed by atoms with Crippen molar-refractivity contribution in [3.63, 3.8) is 0 Å². The lowest BCUT2D eigenvalue weighted by Crippen LogP contribution is -2.30. The Morgan fingerprint density at radius 1 is 1.10 bits per heavy atom. The van der Waals surface area contributed by atoms with Crippen LogP contribution in [0.1, 0.15) is 16.7 Å². The minimum atomic E-state index is -3.96. The Kier molecular flexibility index (Phi) is 9.74. The Labute approximate surface area is 249 Å².